The second kappa shape index (κ2) is 6.34. The molecule has 0 aromatic carbocycles. The van der Waals surface area contributed by atoms with Crippen molar-refractivity contribution >= 4 is 6.09 Å². The molecule has 0 aliphatic carbocycles. The highest BCUT2D eigenvalue weighted by molar-refractivity contribution is 5.68. The number of hydrogen-bond acceptors (Lipinski definition) is 5. The fraction of sp³-hybridized carbons (Fsp3) is 0.938. The van der Waals surface area contributed by atoms with Gasteiger partial charge < -0.3 is 19.7 Å². The number of nitrogens with one attached hydrogen (secondary N) is 1. The van der Waals surface area contributed by atoms with Gasteiger partial charge in [-0.3, -0.25) is 4.90 Å². The van der Waals surface area contributed by atoms with E-state index in [-0.39, 0.29) is 6.09 Å². The van der Waals surface area contributed by atoms with Gasteiger partial charge in [0.05, 0.1) is 13.2 Å². The SMILES string of the molecule is CC(C)(C)OC(=O)N1CCNC(CN2C3CCC2COC3)C1. The second-order valence-electron chi connectivity index (χ2n) is 7.70. The van der Waals surface area contributed by atoms with Crippen LogP contribution in [-0.2, 0) is 9.47 Å². The summed E-state index contributed by atoms with van der Waals surface area (Å²) in [6.07, 6.45) is 2.30. The molecule has 3 rings (SSSR count). The Morgan fingerprint density at radius 2 is 1.95 bits per heavy atom. The van der Waals surface area contributed by atoms with Gasteiger partial charge in [-0.05, 0) is 33.6 Å². The lowest BCUT2D eigenvalue weighted by molar-refractivity contribution is -0.0235. The highest BCUT2D eigenvalue weighted by Gasteiger charge is 2.39. The van der Waals surface area contributed by atoms with Crippen LogP contribution in [0.2, 0.25) is 0 Å². The molecule has 0 aromatic rings. The number of morpholine rings is 1. The summed E-state index contributed by atoms with van der Waals surface area (Å²) in [6, 6.07) is 1.46. The first-order valence-electron chi connectivity index (χ1n) is 8.47. The van der Waals surface area contributed by atoms with Gasteiger partial charge in [0.25, 0.3) is 0 Å². The molecule has 0 saturated carbocycles. The van der Waals surface area contributed by atoms with Crippen molar-refractivity contribution in [3.8, 4) is 0 Å². The van der Waals surface area contributed by atoms with Crippen LogP contribution in [0.3, 0.4) is 0 Å². The highest BCUT2D eigenvalue weighted by Crippen LogP contribution is 2.28. The fourth-order valence-electron chi connectivity index (χ4n) is 3.71. The molecule has 126 valence electrons. The monoisotopic (exact) mass is 311 g/mol. The first kappa shape index (κ1) is 16.0. The van der Waals surface area contributed by atoms with Crippen LogP contribution in [0.25, 0.3) is 0 Å². The fourth-order valence-corrected chi connectivity index (χ4v) is 3.71. The Balaban J connectivity index is 1.53. The van der Waals surface area contributed by atoms with Gasteiger partial charge in [-0.25, -0.2) is 4.79 Å². The van der Waals surface area contributed by atoms with E-state index in [1.807, 2.05) is 25.7 Å². The van der Waals surface area contributed by atoms with Gasteiger partial charge in [0.1, 0.15) is 5.60 Å². The topological polar surface area (TPSA) is 54.0 Å². The van der Waals surface area contributed by atoms with Crippen molar-refractivity contribution in [3.63, 3.8) is 0 Å². The summed E-state index contributed by atoms with van der Waals surface area (Å²) >= 11 is 0. The zero-order valence-corrected chi connectivity index (χ0v) is 14.0. The Morgan fingerprint density at radius 1 is 1.27 bits per heavy atom. The van der Waals surface area contributed by atoms with Crippen molar-refractivity contribution in [3.05, 3.63) is 0 Å². The van der Waals surface area contributed by atoms with Crippen LogP contribution in [0, 0.1) is 0 Å². The Hall–Kier alpha value is -0.850. The van der Waals surface area contributed by atoms with Crippen LogP contribution in [0.1, 0.15) is 33.6 Å². The number of nitrogens with zero attached hydrogens (tertiary/aromatic N) is 2. The highest BCUT2D eigenvalue weighted by atomic mass is 16.6. The molecule has 3 saturated heterocycles. The Labute approximate surface area is 133 Å². The minimum atomic E-state index is -0.430. The average molecular weight is 311 g/mol. The van der Waals surface area contributed by atoms with Crippen molar-refractivity contribution in [2.45, 2.75) is 57.3 Å². The third-order valence-electron chi connectivity index (χ3n) is 4.73. The van der Waals surface area contributed by atoms with Gasteiger partial charge in [-0.2, -0.15) is 0 Å². The Bertz CT molecular complexity index is 394. The van der Waals surface area contributed by atoms with Crippen molar-refractivity contribution in [2.75, 3.05) is 39.4 Å². The number of ether oxygens (including phenoxy) is 2. The number of hydrogen-bond donors (Lipinski definition) is 1. The molecule has 2 bridgehead atoms. The first-order valence-corrected chi connectivity index (χ1v) is 8.47. The van der Waals surface area contributed by atoms with E-state index in [4.69, 9.17) is 9.47 Å². The van der Waals surface area contributed by atoms with Crippen LogP contribution in [0.15, 0.2) is 0 Å². The molecule has 22 heavy (non-hydrogen) atoms. The summed E-state index contributed by atoms with van der Waals surface area (Å²) < 4.78 is 11.1. The van der Waals surface area contributed by atoms with Crippen molar-refractivity contribution in [1.82, 2.24) is 15.1 Å². The lowest BCUT2D eigenvalue weighted by Crippen LogP contribution is -2.59. The first-order chi connectivity index (χ1) is 10.4. The normalized spacial score (nSPS) is 33.0. The lowest BCUT2D eigenvalue weighted by atomic mass is 10.1. The molecule has 0 aromatic heterocycles. The summed E-state index contributed by atoms with van der Waals surface area (Å²) in [5.41, 5.74) is -0.430. The van der Waals surface area contributed by atoms with Crippen molar-refractivity contribution < 1.29 is 14.3 Å². The van der Waals surface area contributed by atoms with Crippen molar-refractivity contribution in [2.24, 2.45) is 0 Å². The van der Waals surface area contributed by atoms with E-state index >= 15 is 0 Å². The van der Waals surface area contributed by atoms with Crippen molar-refractivity contribution in [1.29, 1.82) is 0 Å². The smallest absolute Gasteiger partial charge is 0.410 e. The predicted molar refractivity (Wildman–Crippen MR) is 83.9 cm³/mol. The maximum absolute atomic E-state index is 12.2. The maximum atomic E-state index is 12.2. The molecule has 3 heterocycles. The van der Waals surface area contributed by atoms with E-state index in [2.05, 4.69) is 10.2 Å². The van der Waals surface area contributed by atoms with Crippen LogP contribution in [-0.4, -0.2) is 79.0 Å². The molecule has 3 fully saturated rings. The van der Waals surface area contributed by atoms with Crippen LogP contribution < -0.4 is 5.32 Å². The standard InChI is InChI=1S/C16H29N3O3/c1-16(2,3)22-15(20)18-7-6-17-12(8-18)9-19-13-4-5-14(19)11-21-10-13/h12-14,17H,4-11H2,1-3H3. The molecular formula is C16H29N3O3. The molecule has 0 spiro atoms. The molecular weight excluding hydrogens is 282 g/mol. The van der Waals surface area contributed by atoms with E-state index in [1.54, 1.807) is 0 Å². The summed E-state index contributed by atoms with van der Waals surface area (Å²) in [7, 11) is 0. The van der Waals surface area contributed by atoms with Crippen LogP contribution in [0.5, 0.6) is 0 Å². The summed E-state index contributed by atoms with van der Waals surface area (Å²) in [5, 5.41) is 3.55. The zero-order chi connectivity index (χ0) is 15.7. The number of rotatable bonds is 2. The molecule has 1 amide bonds. The predicted octanol–water partition coefficient (Wildman–Crippen LogP) is 1.06. The molecule has 3 aliphatic rings. The van der Waals surface area contributed by atoms with E-state index in [1.165, 1.54) is 12.8 Å². The quantitative estimate of drug-likeness (QED) is 0.826. The van der Waals surface area contributed by atoms with Gasteiger partial charge in [-0.15, -0.1) is 0 Å². The number of fused-ring (bicyclic) bond motifs is 2. The van der Waals surface area contributed by atoms with Gasteiger partial charge in [0.2, 0.25) is 0 Å². The Kier molecular flexibility index (Phi) is 4.61. The van der Waals surface area contributed by atoms with E-state index in [0.29, 0.717) is 18.1 Å². The van der Waals surface area contributed by atoms with Gasteiger partial charge in [0.15, 0.2) is 0 Å². The average Bonchev–Trinajstić information content (AvgIpc) is 2.68. The molecule has 3 unspecified atom stereocenters. The number of carbonyl (C=O) groups is 1. The Morgan fingerprint density at radius 3 is 2.59 bits per heavy atom. The van der Waals surface area contributed by atoms with Crippen LogP contribution in [0.4, 0.5) is 4.79 Å². The maximum Gasteiger partial charge on any atom is 0.410 e. The molecule has 6 heteroatoms. The molecule has 0 radical (unpaired) electrons. The summed E-state index contributed by atoms with van der Waals surface area (Å²) in [5.74, 6) is 0. The van der Waals surface area contributed by atoms with Crippen LogP contribution >= 0.6 is 0 Å². The van der Waals surface area contributed by atoms with Gasteiger partial charge in [-0.1, -0.05) is 0 Å². The molecule has 3 aliphatic heterocycles. The van der Waals surface area contributed by atoms with Gasteiger partial charge >= 0.3 is 6.09 Å². The molecule has 6 nitrogen and oxygen atoms in total. The number of amides is 1. The molecule has 1 N–H and O–H groups in total. The number of carbonyl (C=O) groups excluding carboxylic acids is 1. The molecule has 3 atom stereocenters. The zero-order valence-electron chi connectivity index (χ0n) is 14.0. The summed E-state index contributed by atoms with van der Waals surface area (Å²) in [4.78, 5) is 16.7. The van der Waals surface area contributed by atoms with E-state index < -0.39 is 5.60 Å². The summed E-state index contributed by atoms with van der Waals surface area (Å²) in [6.45, 7) is 10.7. The van der Waals surface area contributed by atoms with E-state index in [9.17, 15) is 4.79 Å². The lowest BCUT2D eigenvalue weighted by Gasteiger charge is -2.40. The van der Waals surface area contributed by atoms with E-state index in [0.717, 1.165) is 39.4 Å². The third kappa shape index (κ3) is 3.73. The minimum absolute atomic E-state index is 0.191. The minimum Gasteiger partial charge on any atom is -0.444 e. The number of piperazine rings is 1. The third-order valence-corrected chi connectivity index (χ3v) is 4.73. The van der Waals surface area contributed by atoms with Gasteiger partial charge in [0, 0.05) is 44.3 Å². The largest absolute Gasteiger partial charge is 0.444 e. The second-order valence-corrected chi connectivity index (χ2v) is 7.70.